The number of rotatable bonds is 8. The van der Waals surface area contributed by atoms with Crippen LogP contribution in [0.25, 0.3) is 0 Å². The van der Waals surface area contributed by atoms with Gasteiger partial charge in [0.05, 0.1) is 0 Å². The fourth-order valence-corrected chi connectivity index (χ4v) is 2.49. The molecule has 19 heavy (non-hydrogen) atoms. The van der Waals surface area contributed by atoms with Crippen LogP contribution in [-0.4, -0.2) is 46.7 Å². The fourth-order valence-electron chi connectivity index (χ4n) is 2.49. The van der Waals surface area contributed by atoms with E-state index >= 15 is 0 Å². The predicted molar refractivity (Wildman–Crippen MR) is 78.3 cm³/mol. The molecule has 1 fully saturated rings. The van der Waals surface area contributed by atoms with Crippen LogP contribution in [0, 0.1) is 5.92 Å². The molecule has 4 heteroatoms. The Kier molecular flexibility index (Phi) is 5.39. The van der Waals surface area contributed by atoms with Crippen LogP contribution in [0.3, 0.4) is 0 Å². The Hall–Kier alpha value is -0.610. The average molecular weight is 270 g/mol. The zero-order valence-corrected chi connectivity index (χ0v) is 13.2. The molecule has 0 amide bonds. The van der Waals surface area contributed by atoms with Gasteiger partial charge in [-0.1, -0.05) is 13.8 Å². The van der Waals surface area contributed by atoms with Crippen LogP contribution < -0.4 is 5.32 Å². The summed E-state index contributed by atoms with van der Waals surface area (Å²) in [5, 5.41) is 12.8. The van der Waals surface area contributed by atoms with Crippen LogP contribution in [0.2, 0.25) is 0 Å². The largest absolute Gasteiger partial charge is 0.480 e. The molecule has 3 atom stereocenters. The minimum Gasteiger partial charge on any atom is -0.480 e. The highest BCUT2D eigenvalue weighted by Gasteiger charge is 2.40. The van der Waals surface area contributed by atoms with Crippen LogP contribution in [0.5, 0.6) is 0 Å². The number of nitrogens with zero attached hydrogens (tertiary/aromatic N) is 1. The molecule has 2 N–H and O–H groups in total. The van der Waals surface area contributed by atoms with Gasteiger partial charge < -0.3 is 10.0 Å². The van der Waals surface area contributed by atoms with E-state index in [0.717, 1.165) is 12.8 Å². The molecule has 0 radical (unpaired) electrons. The second-order valence-electron chi connectivity index (χ2n) is 6.76. The van der Waals surface area contributed by atoms with Crippen molar-refractivity contribution < 1.29 is 9.90 Å². The van der Waals surface area contributed by atoms with Gasteiger partial charge in [-0.05, 0) is 53.0 Å². The van der Waals surface area contributed by atoms with Crippen molar-refractivity contribution in [2.45, 2.75) is 77.5 Å². The van der Waals surface area contributed by atoms with Gasteiger partial charge in [-0.15, -0.1) is 0 Å². The highest BCUT2D eigenvalue weighted by Crippen LogP contribution is 2.26. The van der Waals surface area contributed by atoms with Crippen molar-refractivity contribution in [1.82, 2.24) is 10.2 Å². The van der Waals surface area contributed by atoms with E-state index in [2.05, 4.69) is 45.0 Å². The number of hydrogen-bond acceptors (Lipinski definition) is 3. The second-order valence-corrected chi connectivity index (χ2v) is 6.76. The van der Waals surface area contributed by atoms with Crippen molar-refractivity contribution in [2.24, 2.45) is 5.92 Å². The molecule has 4 nitrogen and oxygen atoms in total. The second kappa shape index (κ2) is 6.23. The van der Waals surface area contributed by atoms with Gasteiger partial charge in [0.1, 0.15) is 5.54 Å². The highest BCUT2D eigenvalue weighted by atomic mass is 16.4. The van der Waals surface area contributed by atoms with Crippen LogP contribution in [0.15, 0.2) is 0 Å². The first kappa shape index (κ1) is 16.4. The van der Waals surface area contributed by atoms with Crippen molar-refractivity contribution in [3.05, 3.63) is 0 Å². The van der Waals surface area contributed by atoms with Crippen molar-refractivity contribution in [3.8, 4) is 0 Å². The monoisotopic (exact) mass is 270 g/mol. The van der Waals surface area contributed by atoms with E-state index in [1.165, 1.54) is 0 Å². The van der Waals surface area contributed by atoms with Gasteiger partial charge in [-0.3, -0.25) is 10.1 Å². The zero-order chi connectivity index (χ0) is 14.8. The summed E-state index contributed by atoms with van der Waals surface area (Å²) >= 11 is 0. The van der Waals surface area contributed by atoms with E-state index < -0.39 is 11.5 Å². The van der Waals surface area contributed by atoms with Crippen molar-refractivity contribution in [3.63, 3.8) is 0 Å². The first-order chi connectivity index (χ1) is 8.67. The normalized spacial score (nSPS) is 22.3. The quantitative estimate of drug-likeness (QED) is 0.711. The maximum Gasteiger partial charge on any atom is 0.323 e. The Labute approximate surface area is 117 Å². The summed E-state index contributed by atoms with van der Waals surface area (Å²) in [5.74, 6) is -0.170. The summed E-state index contributed by atoms with van der Waals surface area (Å²) in [6, 6.07) is 1.10. The SMILES string of the molecule is CC(C)C(C)N(C)C(C)CC(C)(NC1CC1)C(=O)O. The molecule has 1 aliphatic rings. The molecular formula is C15H30N2O2. The van der Waals surface area contributed by atoms with Gasteiger partial charge in [-0.2, -0.15) is 0 Å². The summed E-state index contributed by atoms with van der Waals surface area (Å²) < 4.78 is 0. The number of hydrogen-bond donors (Lipinski definition) is 2. The molecule has 0 spiro atoms. The lowest BCUT2D eigenvalue weighted by molar-refractivity contribution is -0.145. The Morgan fingerprint density at radius 1 is 1.37 bits per heavy atom. The highest BCUT2D eigenvalue weighted by molar-refractivity contribution is 5.78. The smallest absolute Gasteiger partial charge is 0.323 e. The van der Waals surface area contributed by atoms with E-state index in [-0.39, 0.29) is 6.04 Å². The Balaban J connectivity index is 2.64. The minimum atomic E-state index is -0.814. The molecule has 3 unspecified atom stereocenters. The third-order valence-electron chi connectivity index (χ3n) is 4.58. The molecule has 0 saturated heterocycles. The molecule has 1 saturated carbocycles. The van der Waals surface area contributed by atoms with E-state index in [0.29, 0.717) is 24.4 Å². The lowest BCUT2D eigenvalue weighted by atomic mass is 9.91. The average Bonchev–Trinajstić information content (AvgIpc) is 3.10. The Morgan fingerprint density at radius 2 is 1.89 bits per heavy atom. The molecule has 0 bridgehead atoms. The topological polar surface area (TPSA) is 52.6 Å². The Bertz CT molecular complexity index is 315. The first-order valence-electron chi connectivity index (χ1n) is 7.40. The third kappa shape index (κ3) is 4.46. The van der Waals surface area contributed by atoms with E-state index in [1.807, 2.05) is 6.92 Å². The molecule has 0 heterocycles. The summed E-state index contributed by atoms with van der Waals surface area (Å²) in [4.78, 5) is 13.9. The lowest BCUT2D eigenvalue weighted by Crippen LogP contribution is -2.55. The van der Waals surface area contributed by atoms with Gasteiger partial charge in [0.2, 0.25) is 0 Å². The zero-order valence-electron chi connectivity index (χ0n) is 13.2. The molecule has 1 aliphatic carbocycles. The van der Waals surface area contributed by atoms with Gasteiger partial charge in [0.15, 0.2) is 0 Å². The number of aliphatic carboxylic acids is 1. The molecule has 0 aliphatic heterocycles. The number of carboxylic acids is 1. The Morgan fingerprint density at radius 3 is 2.26 bits per heavy atom. The molecule has 112 valence electrons. The lowest BCUT2D eigenvalue weighted by Gasteiger charge is -2.37. The van der Waals surface area contributed by atoms with E-state index in [4.69, 9.17) is 0 Å². The van der Waals surface area contributed by atoms with Gasteiger partial charge in [-0.25, -0.2) is 0 Å². The van der Waals surface area contributed by atoms with Gasteiger partial charge in [0, 0.05) is 18.1 Å². The fraction of sp³-hybridized carbons (Fsp3) is 0.933. The first-order valence-corrected chi connectivity index (χ1v) is 7.40. The van der Waals surface area contributed by atoms with Crippen LogP contribution in [-0.2, 0) is 4.79 Å². The number of nitrogens with one attached hydrogen (secondary N) is 1. The summed E-state index contributed by atoms with van der Waals surface area (Å²) in [6.45, 7) is 10.5. The molecule has 0 aromatic carbocycles. The van der Waals surface area contributed by atoms with Gasteiger partial charge in [0.25, 0.3) is 0 Å². The maximum absolute atomic E-state index is 11.6. The van der Waals surface area contributed by atoms with E-state index in [1.54, 1.807) is 0 Å². The van der Waals surface area contributed by atoms with Crippen LogP contribution >= 0.6 is 0 Å². The molecular weight excluding hydrogens is 240 g/mol. The van der Waals surface area contributed by atoms with Crippen molar-refractivity contribution in [2.75, 3.05) is 7.05 Å². The standard InChI is InChI=1S/C15H30N2O2/c1-10(2)12(4)17(6)11(3)9-15(5,14(18)19)16-13-7-8-13/h10-13,16H,7-9H2,1-6H3,(H,18,19). The van der Waals surface area contributed by atoms with Crippen LogP contribution in [0.4, 0.5) is 0 Å². The van der Waals surface area contributed by atoms with Crippen molar-refractivity contribution in [1.29, 1.82) is 0 Å². The molecule has 0 aromatic rings. The predicted octanol–water partition coefficient (Wildman–Crippen LogP) is 2.34. The maximum atomic E-state index is 11.6. The third-order valence-corrected chi connectivity index (χ3v) is 4.58. The molecule has 0 aromatic heterocycles. The van der Waals surface area contributed by atoms with E-state index in [9.17, 15) is 9.90 Å². The summed E-state index contributed by atoms with van der Waals surface area (Å²) in [6.07, 6.45) is 2.84. The van der Waals surface area contributed by atoms with Crippen LogP contribution in [0.1, 0.15) is 53.9 Å². The summed E-state index contributed by atoms with van der Waals surface area (Å²) in [5.41, 5.74) is -0.814. The number of carboxylic acid groups (broad SMARTS) is 1. The minimum absolute atomic E-state index is 0.241. The number of carbonyl (C=O) groups is 1. The molecule has 1 rings (SSSR count). The van der Waals surface area contributed by atoms with Gasteiger partial charge >= 0.3 is 5.97 Å². The van der Waals surface area contributed by atoms with Crippen molar-refractivity contribution >= 4 is 5.97 Å². The summed E-state index contributed by atoms with van der Waals surface area (Å²) in [7, 11) is 2.09.